The fourth-order valence-electron chi connectivity index (χ4n) is 3.13. The van der Waals surface area contributed by atoms with Gasteiger partial charge < -0.3 is 15.6 Å². The third-order valence-corrected chi connectivity index (χ3v) is 4.53. The predicted octanol–water partition coefficient (Wildman–Crippen LogP) is 2.72. The molecule has 0 unspecified atom stereocenters. The Bertz CT molecular complexity index is 482. The number of rotatable bonds is 4. The van der Waals surface area contributed by atoms with Crippen molar-refractivity contribution in [1.29, 1.82) is 0 Å². The van der Waals surface area contributed by atoms with E-state index in [1.54, 1.807) is 6.07 Å². The van der Waals surface area contributed by atoms with Crippen LogP contribution in [0.15, 0.2) is 12.3 Å². The predicted molar refractivity (Wildman–Crippen MR) is 76.0 cm³/mol. The van der Waals surface area contributed by atoms with Crippen molar-refractivity contribution in [3.8, 4) is 0 Å². The maximum atomic E-state index is 12.3. The van der Waals surface area contributed by atoms with Gasteiger partial charge in [-0.25, -0.2) is 0 Å². The third-order valence-electron chi connectivity index (χ3n) is 4.53. The lowest BCUT2D eigenvalue weighted by Crippen LogP contribution is -2.35. The van der Waals surface area contributed by atoms with E-state index in [0.29, 0.717) is 11.7 Å². The monoisotopic (exact) mass is 261 g/mol. The molecule has 0 aromatic carbocycles. The van der Waals surface area contributed by atoms with E-state index in [0.717, 1.165) is 25.1 Å². The average molecular weight is 261 g/mol. The van der Waals surface area contributed by atoms with Gasteiger partial charge in [-0.3, -0.25) is 4.79 Å². The summed E-state index contributed by atoms with van der Waals surface area (Å²) in [4.78, 5) is 12.3. The molecule has 0 spiro atoms. The molecular weight excluding hydrogens is 238 g/mol. The molecule has 1 amide bonds. The number of nitrogens with one attached hydrogen (secondary N) is 1. The summed E-state index contributed by atoms with van der Waals surface area (Å²) in [6.07, 6.45) is 9.23. The molecule has 1 aromatic heterocycles. The fraction of sp³-hybridized carbons (Fsp3) is 0.667. The zero-order chi connectivity index (χ0) is 13.5. The van der Waals surface area contributed by atoms with Crippen molar-refractivity contribution in [2.75, 3.05) is 12.3 Å². The van der Waals surface area contributed by atoms with Crippen molar-refractivity contribution in [2.24, 2.45) is 5.41 Å². The Hall–Kier alpha value is -1.45. The summed E-state index contributed by atoms with van der Waals surface area (Å²) >= 11 is 0. The number of nitrogens with zero attached hydrogens (tertiary/aromatic N) is 1. The van der Waals surface area contributed by atoms with Crippen molar-refractivity contribution < 1.29 is 4.79 Å². The number of hydrogen-bond donors (Lipinski definition) is 2. The van der Waals surface area contributed by atoms with Crippen LogP contribution in [0.5, 0.6) is 0 Å². The van der Waals surface area contributed by atoms with E-state index in [1.807, 2.05) is 10.8 Å². The number of anilines is 1. The Morgan fingerprint density at radius 3 is 2.79 bits per heavy atom. The Morgan fingerprint density at radius 2 is 2.16 bits per heavy atom. The molecule has 1 aromatic rings. The van der Waals surface area contributed by atoms with E-state index < -0.39 is 0 Å². The van der Waals surface area contributed by atoms with Crippen LogP contribution >= 0.6 is 0 Å². The number of hydrogen-bond acceptors (Lipinski definition) is 2. The molecule has 0 aliphatic heterocycles. The maximum Gasteiger partial charge on any atom is 0.268 e. The minimum Gasteiger partial charge on any atom is -0.397 e. The quantitative estimate of drug-likeness (QED) is 0.875. The molecular formula is C15H23N3O. The Labute approximate surface area is 114 Å². The largest absolute Gasteiger partial charge is 0.397 e. The zero-order valence-electron chi connectivity index (χ0n) is 11.6. The van der Waals surface area contributed by atoms with Crippen LogP contribution in [0.1, 0.15) is 62.0 Å². The molecule has 0 radical (unpaired) electrons. The Balaban J connectivity index is 1.66. The van der Waals surface area contributed by atoms with Gasteiger partial charge in [0.25, 0.3) is 5.91 Å². The van der Waals surface area contributed by atoms with Crippen LogP contribution in [0.4, 0.5) is 5.69 Å². The highest BCUT2D eigenvalue weighted by Crippen LogP contribution is 2.38. The summed E-state index contributed by atoms with van der Waals surface area (Å²) < 4.78 is 2.04. The van der Waals surface area contributed by atoms with Gasteiger partial charge in [-0.05, 0) is 37.2 Å². The molecule has 104 valence electrons. The van der Waals surface area contributed by atoms with Crippen LogP contribution in [0.25, 0.3) is 0 Å². The first-order valence-electron chi connectivity index (χ1n) is 7.33. The van der Waals surface area contributed by atoms with E-state index >= 15 is 0 Å². The van der Waals surface area contributed by atoms with Gasteiger partial charge in [-0.1, -0.05) is 19.8 Å². The molecule has 3 rings (SSSR count). The fourth-order valence-corrected chi connectivity index (χ4v) is 3.13. The number of carbonyl (C=O) groups excluding carboxylic acids is 1. The van der Waals surface area contributed by atoms with Crippen molar-refractivity contribution in [1.82, 2.24) is 9.88 Å². The number of nitrogen functional groups attached to an aromatic ring is 1. The smallest absolute Gasteiger partial charge is 0.268 e. The minimum atomic E-state index is 0.0247. The molecule has 4 heteroatoms. The highest BCUT2D eigenvalue weighted by Gasteiger charge is 2.31. The van der Waals surface area contributed by atoms with Crippen molar-refractivity contribution in [3.63, 3.8) is 0 Å². The van der Waals surface area contributed by atoms with Crippen molar-refractivity contribution in [3.05, 3.63) is 18.0 Å². The van der Waals surface area contributed by atoms with Gasteiger partial charge in [0.15, 0.2) is 0 Å². The average Bonchev–Trinajstić information content (AvgIpc) is 3.02. The van der Waals surface area contributed by atoms with E-state index in [4.69, 9.17) is 5.73 Å². The van der Waals surface area contributed by atoms with Gasteiger partial charge in [0.1, 0.15) is 5.69 Å². The second-order valence-corrected chi connectivity index (χ2v) is 6.50. The van der Waals surface area contributed by atoms with E-state index in [9.17, 15) is 4.79 Å². The Kier molecular flexibility index (Phi) is 3.03. The summed E-state index contributed by atoms with van der Waals surface area (Å²) in [5, 5.41) is 3.10. The first-order valence-corrected chi connectivity index (χ1v) is 7.33. The summed E-state index contributed by atoms with van der Waals surface area (Å²) in [5.41, 5.74) is 7.52. The number of amides is 1. The highest BCUT2D eigenvalue weighted by molar-refractivity contribution is 5.93. The molecule has 3 N–H and O–H groups in total. The highest BCUT2D eigenvalue weighted by atomic mass is 16.1. The molecule has 0 atom stereocenters. The van der Waals surface area contributed by atoms with E-state index in [2.05, 4.69) is 12.2 Å². The summed E-state index contributed by atoms with van der Waals surface area (Å²) in [5.74, 6) is 0.0247. The molecule has 1 heterocycles. The van der Waals surface area contributed by atoms with Gasteiger partial charge in [0.05, 0.1) is 5.69 Å². The van der Waals surface area contributed by atoms with Gasteiger partial charge in [-0.15, -0.1) is 0 Å². The summed E-state index contributed by atoms with van der Waals surface area (Å²) in [7, 11) is 0. The first-order chi connectivity index (χ1) is 9.07. The molecule has 2 aliphatic rings. The van der Waals surface area contributed by atoms with Crippen LogP contribution in [-0.2, 0) is 0 Å². The molecule has 0 bridgehead atoms. The number of aromatic nitrogens is 1. The lowest BCUT2D eigenvalue weighted by Gasteiger charge is -2.23. The topological polar surface area (TPSA) is 60.1 Å². The van der Waals surface area contributed by atoms with Crippen LogP contribution in [0.2, 0.25) is 0 Å². The van der Waals surface area contributed by atoms with Gasteiger partial charge in [0, 0.05) is 18.8 Å². The number of carbonyl (C=O) groups is 1. The zero-order valence-corrected chi connectivity index (χ0v) is 11.6. The van der Waals surface area contributed by atoms with E-state index in [-0.39, 0.29) is 11.3 Å². The third kappa shape index (κ3) is 2.62. The van der Waals surface area contributed by atoms with Gasteiger partial charge in [-0.2, -0.15) is 0 Å². The number of nitrogens with two attached hydrogens (primary N) is 1. The van der Waals surface area contributed by atoms with Gasteiger partial charge >= 0.3 is 0 Å². The lowest BCUT2D eigenvalue weighted by molar-refractivity contribution is 0.0924. The first kappa shape index (κ1) is 12.6. The molecule has 4 nitrogen and oxygen atoms in total. The van der Waals surface area contributed by atoms with E-state index in [1.165, 1.54) is 25.7 Å². The minimum absolute atomic E-state index is 0.0247. The molecule has 19 heavy (non-hydrogen) atoms. The summed E-state index contributed by atoms with van der Waals surface area (Å²) in [6.45, 7) is 3.05. The molecule has 2 fully saturated rings. The van der Waals surface area contributed by atoms with Crippen molar-refractivity contribution in [2.45, 2.75) is 51.5 Å². The molecule has 2 aliphatic carbocycles. The summed E-state index contributed by atoms with van der Waals surface area (Å²) in [6, 6.07) is 2.28. The molecule has 2 saturated carbocycles. The standard InChI is InChI=1S/C15H23N3O/c1-15(6-2-3-7-15)10-17-14(19)13-8-11(16)9-18(13)12-4-5-12/h8-9,12H,2-7,10,16H2,1H3,(H,17,19). The SMILES string of the molecule is CC1(CNC(=O)c2cc(N)cn2C2CC2)CCCC1. The normalized spacial score (nSPS) is 21.5. The lowest BCUT2D eigenvalue weighted by atomic mass is 9.89. The Morgan fingerprint density at radius 1 is 1.47 bits per heavy atom. The van der Waals surface area contributed by atoms with Crippen LogP contribution in [-0.4, -0.2) is 17.0 Å². The molecule has 0 saturated heterocycles. The van der Waals surface area contributed by atoms with Crippen LogP contribution < -0.4 is 11.1 Å². The maximum absolute atomic E-state index is 12.3. The van der Waals surface area contributed by atoms with Crippen LogP contribution in [0, 0.1) is 5.41 Å². The second-order valence-electron chi connectivity index (χ2n) is 6.50. The van der Waals surface area contributed by atoms with Gasteiger partial charge in [0.2, 0.25) is 0 Å². The van der Waals surface area contributed by atoms with Crippen LogP contribution in [0.3, 0.4) is 0 Å². The van der Waals surface area contributed by atoms with Crippen molar-refractivity contribution >= 4 is 11.6 Å². The second kappa shape index (κ2) is 4.58.